The van der Waals surface area contributed by atoms with Gasteiger partial charge in [0.05, 0.1) is 13.1 Å². The summed E-state index contributed by atoms with van der Waals surface area (Å²) in [4.78, 5) is 35.9. The number of hydrogen-bond donors (Lipinski definition) is 2. The average Bonchev–Trinajstić information content (AvgIpc) is 2.24. The molecule has 0 aromatic rings. The Morgan fingerprint density at radius 3 is 2.82 bits per heavy atom. The molecule has 0 aromatic heterocycles. The van der Waals surface area contributed by atoms with Crippen molar-refractivity contribution in [1.29, 1.82) is 0 Å². The maximum Gasteiger partial charge on any atom is 0.252 e. The second-order valence-corrected chi connectivity index (χ2v) is 4.22. The number of terminal acetylenes is 1. The molecule has 1 aliphatic heterocycles. The zero-order valence-electron chi connectivity index (χ0n) is 9.87. The molecule has 1 saturated heterocycles. The van der Waals surface area contributed by atoms with Crippen LogP contribution in [-0.4, -0.2) is 47.8 Å². The van der Waals surface area contributed by atoms with E-state index >= 15 is 0 Å². The minimum absolute atomic E-state index is 0.00813. The molecular weight excluding hydrogens is 222 g/mol. The molecule has 0 radical (unpaired) electrons. The summed E-state index contributed by atoms with van der Waals surface area (Å²) in [5.74, 6) is 1.07. The lowest BCUT2D eigenvalue weighted by Crippen LogP contribution is -2.66. The number of imide groups is 1. The predicted molar refractivity (Wildman–Crippen MR) is 60.6 cm³/mol. The maximum absolute atomic E-state index is 11.8. The molecular formula is C11H15N3O3. The zero-order chi connectivity index (χ0) is 13.1. The number of rotatable bonds is 3. The largest absolute Gasteiger partial charge is 0.318 e. The number of nitrogens with zero attached hydrogens (tertiary/aromatic N) is 1. The van der Waals surface area contributed by atoms with Crippen LogP contribution >= 0.6 is 0 Å². The van der Waals surface area contributed by atoms with E-state index in [1.807, 2.05) is 0 Å². The van der Waals surface area contributed by atoms with Crippen LogP contribution in [0.4, 0.5) is 0 Å². The van der Waals surface area contributed by atoms with Gasteiger partial charge in [0.2, 0.25) is 11.8 Å². The molecule has 2 N–H and O–H groups in total. The van der Waals surface area contributed by atoms with Crippen molar-refractivity contribution >= 4 is 17.7 Å². The number of carbonyl (C=O) groups is 3. The van der Waals surface area contributed by atoms with Crippen LogP contribution in [-0.2, 0) is 14.4 Å². The lowest BCUT2D eigenvalue weighted by molar-refractivity contribution is -0.155. The van der Waals surface area contributed by atoms with E-state index in [4.69, 9.17) is 6.42 Å². The van der Waals surface area contributed by atoms with Crippen LogP contribution in [0.15, 0.2) is 0 Å². The van der Waals surface area contributed by atoms with Crippen LogP contribution in [0.3, 0.4) is 0 Å². The van der Waals surface area contributed by atoms with Crippen molar-refractivity contribution in [2.45, 2.75) is 19.4 Å². The first-order chi connectivity index (χ1) is 7.89. The second kappa shape index (κ2) is 4.97. The molecule has 1 fully saturated rings. The predicted octanol–water partition coefficient (Wildman–Crippen LogP) is -1.53. The maximum atomic E-state index is 11.8. The Bertz CT molecular complexity index is 395. The lowest BCUT2D eigenvalue weighted by atomic mass is 9.98. The number of amides is 3. The summed E-state index contributed by atoms with van der Waals surface area (Å²) in [5.41, 5.74) is -1.02. The minimum atomic E-state index is -1.02. The Morgan fingerprint density at radius 1 is 1.59 bits per heavy atom. The van der Waals surface area contributed by atoms with E-state index < -0.39 is 17.4 Å². The van der Waals surface area contributed by atoms with Gasteiger partial charge in [0.25, 0.3) is 5.91 Å². The highest BCUT2D eigenvalue weighted by Gasteiger charge is 2.43. The SMILES string of the molecule is C#CCNCC(=O)N1CC(=O)NC(=O)C1(C)C. The van der Waals surface area contributed by atoms with E-state index in [1.165, 1.54) is 4.90 Å². The third-order valence-corrected chi connectivity index (χ3v) is 2.59. The summed E-state index contributed by atoms with van der Waals surface area (Å²) in [6, 6.07) is 0. The van der Waals surface area contributed by atoms with Gasteiger partial charge in [-0.25, -0.2) is 0 Å². The van der Waals surface area contributed by atoms with Crippen molar-refractivity contribution in [3.8, 4) is 12.3 Å². The van der Waals surface area contributed by atoms with Crippen molar-refractivity contribution in [2.75, 3.05) is 19.6 Å². The van der Waals surface area contributed by atoms with Gasteiger partial charge < -0.3 is 4.90 Å². The summed E-state index contributed by atoms with van der Waals surface area (Å²) >= 11 is 0. The summed E-state index contributed by atoms with van der Waals surface area (Å²) < 4.78 is 0. The Labute approximate surface area is 99.7 Å². The van der Waals surface area contributed by atoms with E-state index in [0.717, 1.165) is 0 Å². The fourth-order valence-electron chi connectivity index (χ4n) is 1.52. The molecule has 6 heteroatoms. The fraction of sp³-hybridized carbons (Fsp3) is 0.545. The second-order valence-electron chi connectivity index (χ2n) is 4.22. The van der Waals surface area contributed by atoms with E-state index in [-0.39, 0.29) is 25.5 Å². The quantitative estimate of drug-likeness (QED) is 0.355. The topological polar surface area (TPSA) is 78.5 Å². The highest BCUT2D eigenvalue weighted by Crippen LogP contribution is 2.17. The standard InChI is InChI=1S/C11H15N3O3/c1-4-5-12-6-9(16)14-7-8(15)13-10(17)11(14,2)3/h1,12H,5-7H2,2-3H3,(H,13,15,17). The van der Waals surface area contributed by atoms with Crippen LogP contribution in [0.1, 0.15) is 13.8 Å². The molecule has 1 rings (SSSR count). The molecule has 0 aromatic carbocycles. The molecule has 0 atom stereocenters. The number of carbonyl (C=O) groups excluding carboxylic acids is 3. The summed E-state index contributed by atoms with van der Waals surface area (Å²) in [6.45, 7) is 3.34. The third-order valence-electron chi connectivity index (χ3n) is 2.59. The number of piperazine rings is 1. The van der Waals surface area contributed by atoms with Crippen LogP contribution in [0.25, 0.3) is 0 Å². The van der Waals surface area contributed by atoms with E-state index in [2.05, 4.69) is 16.6 Å². The number of hydrogen-bond acceptors (Lipinski definition) is 4. The van der Waals surface area contributed by atoms with Gasteiger partial charge in [0.1, 0.15) is 12.1 Å². The van der Waals surface area contributed by atoms with E-state index in [9.17, 15) is 14.4 Å². The molecule has 0 spiro atoms. The Hall–Kier alpha value is -1.87. The van der Waals surface area contributed by atoms with Crippen LogP contribution < -0.4 is 10.6 Å². The van der Waals surface area contributed by atoms with Gasteiger partial charge in [0, 0.05) is 0 Å². The van der Waals surface area contributed by atoms with Gasteiger partial charge in [-0.05, 0) is 13.8 Å². The highest BCUT2D eigenvalue weighted by molar-refractivity contribution is 6.06. The molecule has 0 bridgehead atoms. The van der Waals surface area contributed by atoms with Gasteiger partial charge >= 0.3 is 0 Å². The Kier molecular flexibility index (Phi) is 3.86. The Morgan fingerprint density at radius 2 is 2.24 bits per heavy atom. The van der Waals surface area contributed by atoms with Crippen LogP contribution in [0.5, 0.6) is 0 Å². The van der Waals surface area contributed by atoms with Gasteiger partial charge in [-0.1, -0.05) is 5.92 Å². The molecule has 92 valence electrons. The molecule has 3 amide bonds. The molecule has 17 heavy (non-hydrogen) atoms. The molecule has 0 saturated carbocycles. The summed E-state index contributed by atoms with van der Waals surface area (Å²) in [6.07, 6.45) is 5.03. The zero-order valence-corrected chi connectivity index (χ0v) is 9.87. The molecule has 0 unspecified atom stereocenters. The third kappa shape index (κ3) is 2.82. The molecule has 0 aliphatic carbocycles. The molecule has 6 nitrogen and oxygen atoms in total. The molecule has 1 heterocycles. The first-order valence-corrected chi connectivity index (χ1v) is 5.18. The van der Waals surface area contributed by atoms with Crippen molar-refractivity contribution in [2.24, 2.45) is 0 Å². The molecule has 1 aliphatic rings. The monoisotopic (exact) mass is 237 g/mol. The van der Waals surface area contributed by atoms with Crippen molar-refractivity contribution in [3.63, 3.8) is 0 Å². The van der Waals surface area contributed by atoms with Gasteiger partial charge in [-0.2, -0.15) is 0 Å². The number of nitrogens with one attached hydrogen (secondary N) is 2. The average molecular weight is 237 g/mol. The van der Waals surface area contributed by atoms with E-state index in [0.29, 0.717) is 0 Å². The first kappa shape index (κ1) is 13.2. The smallest absolute Gasteiger partial charge is 0.252 e. The minimum Gasteiger partial charge on any atom is -0.318 e. The fourth-order valence-corrected chi connectivity index (χ4v) is 1.52. The summed E-state index contributed by atoms with van der Waals surface area (Å²) in [5, 5.41) is 4.93. The van der Waals surface area contributed by atoms with Crippen LogP contribution in [0.2, 0.25) is 0 Å². The van der Waals surface area contributed by atoms with Gasteiger partial charge in [0.15, 0.2) is 0 Å². The first-order valence-electron chi connectivity index (χ1n) is 5.18. The summed E-state index contributed by atoms with van der Waals surface area (Å²) in [7, 11) is 0. The van der Waals surface area contributed by atoms with Crippen molar-refractivity contribution in [1.82, 2.24) is 15.5 Å². The van der Waals surface area contributed by atoms with Crippen molar-refractivity contribution in [3.05, 3.63) is 0 Å². The van der Waals surface area contributed by atoms with E-state index in [1.54, 1.807) is 13.8 Å². The lowest BCUT2D eigenvalue weighted by Gasteiger charge is -2.40. The highest BCUT2D eigenvalue weighted by atomic mass is 16.2. The normalized spacial score (nSPS) is 18.5. The Balaban J connectivity index is 2.73. The van der Waals surface area contributed by atoms with Crippen LogP contribution in [0, 0.1) is 12.3 Å². The van der Waals surface area contributed by atoms with Crippen molar-refractivity contribution < 1.29 is 14.4 Å². The van der Waals surface area contributed by atoms with Gasteiger partial charge in [-0.15, -0.1) is 6.42 Å². The van der Waals surface area contributed by atoms with Gasteiger partial charge in [-0.3, -0.25) is 25.0 Å².